The first kappa shape index (κ1) is 15.8. The standard InChI is InChI=1S/C16H25N3O2/c1-18(2)16(20)7-8-17-13-14-5-3-4-6-15(14)19-9-11-21-12-10-19/h3-6,17H,7-13H2,1-2H3. The van der Waals surface area contributed by atoms with Crippen LogP contribution in [0.15, 0.2) is 24.3 Å². The van der Waals surface area contributed by atoms with Gasteiger partial charge in [0.15, 0.2) is 0 Å². The Morgan fingerprint density at radius 2 is 2.00 bits per heavy atom. The lowest BCUT2D eigenvalue weighted by molar-refractivity contribution is -0.128. The average Bonchev–Trinajstić information content (AvgIpc) is 2.52. The van der Waals surface area contributed by atoms with Gasteiger partial charge in [-0.15, -0.1) is 0 Å². The maximum absolute atomic E-state index is 11.5. The summed E-state index contributed by atoms with van der Waals surface area (Å²) in [7, 11) is 3.58. The lowest BCUT2D eigenvalue weighted by Gasteiger charge is -2.30. The average molecular weight is 291 g/mol. The fraction of sp³-hybridized carbons (Fsp3) is 0.562. The van der Waals surface area contributed by atoms with E-state index in [2.05, 4.69) is 34.5 Å². The molecular weight excluding hydrogens is 266 g/mol. The maximum atomic E-state index is 11.5. The Hall–Kier alpha value is -1.59. The molecule has 1 aromatic rings. The molecule has 0 radical (unpaired) electrons. The zero-order chi connectivity index (χ0) is 15.1. The Morgan fingerprint density at radius 1 is 1.29 bits per heavy atom. The highest BCUT2D eigenvalue weighted by Crippen LogP contribution is 2.21. The molecule has 1 heterocycles. The molecule has 1 aliphatic rings. The van der Waals surface area contributed by atoms with Crippen LogP contribution in [0.1, 0.15) is 12.0 Å². The Morgan fingerprint density at radius 3 is 2.71 bits per heavy atom. The van der Waals surface area contributed by atoms with Gasteiger partial charge in [-0.2, -0.15) is 0 Å². The molecule has 0 aliphatic carbocycles. The lowest BCUT2D eigenvalue weighted by Crippen LogP contribution is -2.37. The predicted molar refractivity (Wildman–Crippen MR) is 84.5 cm³/mol. The van der Waals surface area contributed by atoms with Crippen LogP contribution in [0.4, 0.5) is 5.69 Å². The van der Waals surface area contributed by atoms with Gasteiger partial charge >= 0.3 is 0 Å². The van der Waals surface area contributed by atoms with Crippen molar-refractivity contribution in [3.8, 4) is 0 Å². The van der Waals surface area contributed by atoms with Gasteiger partial charge in [0.05, 0.1) is 13.2 Å². The molecule has 116 valence electrons. The fourth-order valence-corrected chi connectivity index (χ4v) is 2.42. The molecule has 0 saturated carbocycles. The van der Waals surface area contributed by atoms with Crippen LogP contribution in [0.3, 0.4) is 0 Å². The van der Waals surface area contributed by atoms with E-state index in [0.717, 1.165) is 32.8 Å². The molecule has 1 amide bonds. The maximum Gasteiger partial charge on any atom is 0.223 e. The Balaban J connectivity index is 1.86. The molecular formula is C16H25N3O2. The number of para-hydroxylation sites is 1. The van der Waals surface area contributed by atoms with E-state index in [1.807, 2.05) is 0 Å². The Labute approximate surface area is 126 Å². The molecule has 5 heteroatoms. The van der Waals surface area contributed by atoms with E-state index in [0.29, 0.717) is 13.0 Å². The lowest BCUT2D eigenvalue weighted by atomic mass is 10.1. The van der Waals surface area contributed by atoms with Crippen molar-refractivity contribution in [2.24, 2.45) is 0 Å². The highest BCUT2D eigenvalue weighted by molar-refractivity contribution is 5.75. The highest BCUT2D eigenvalue weighted by atomic mass is 16.5. The van der Waals surface area contributed by atoms with Crippen LogP contribution in [0, 0.1) is 0 Å². The van der Waals surface area contributed by atoms with E-state index in [-0.39, 0.29) is 5.91 Å². The van der Waals surface area contributed by atoms with Crippen molar-refractivity contribution in [2.75, 3.05) is 51.8 Å². The van der Waals surface area contributed by atoms with Gasteiger partial charge in [-0.3, -0.25) is 4.79 Å². The van der Waals surface area contributed by atoms with Crippen molar-refractivity contribution in [1.29, 1.82) is 0 Å². The summed E-state index contributed by atoms with van der Waals surface area (Å²) in [6, 6.07) is 8.44. The van der Waals surface area contributed by atoms with Crippen LogP contribution >= 0.6 is 0 Å². The van der Waals surface area contributed by atoms with Crippen LogP contribution in [0.25, 0.3) is 0 Å². The van der Waals surface area contributed by atoms with Gasteiger partial charge in [0.25, 0.3) is 0 Å². The molecule has 21 heavy (non-hydrogen) atoms. The second-order valence-corrected chi connectivity index (χ2v) is 5.44. The SMILES string of the molecule is CN(C)C(=O)CCNCc1ccccc1N1CCOCC1. The number of carbonyl (C=O) groups is 1. The Kier molecular flexibility index (Phi) is 6.02. The van der Waals surface area contributed by atoms with E-state index in [4.69, 9.17) is 4.74 Å². The van der Waals surface area contributed by atoms with Crippen molar-refractivity contribution in [2.45, 2.75) is 13.0 Å². The molecule has 1 N–H and O–H groups in total. The number of benzene rings is 1. The molecule has 0 bridgehead atoms. The normalized spacial score (nSPS) is 15.0. The summed E-state index contributed by atoms with van der Waals surface area (Å²) >= 11 is 0. The minimum atomic E-state index is 0.156. The van der Waals surface area contributed by atoms with Crippen LogP contribution in [-0.4, -0.2) is 57.8 Å². The van der Waals surface area contributed by atoms with Gasteiger partial charge in [0.1, 0.15) is 0 Å². The third-order valence-electron chi connectivity index (χ3n) is 3.67. The number of carbonyl (C=O) groups excluding carboxylic acids is 1. The Bertz CT molecular complexity index is 457. The number of hydrogen-bond donors (Lipinski definition) is 1. The van der Waals surface area contributed by atoms with Crippen LogP contribution in [0.2, 0.25) is 0 Å². The van der Waals surface area contributed by atoms with Gasteiger partial charge in [0, 0.05) is 52.4 Å². The molecule has 0 atom stereocenters. The minimum Gasteiger partial charge on any atom is -0.378 e. The summed E-state index contributed by atoms with van der Waals surface area (Å²) in [5, 5.41) is 3.36. The molecule has 1 saturated heterocycles. The second kappa shape index (κ2) is 8.00. The summed E-state index contributed by atoms with van der Waals surface area (Å²) in [5.74, 6) is 0.156. The number of nitrogens with one attached hydrogen (secondary N) is 1. The predicted octanol–water partition coefficient (Wildman–Crippen LogP) is 1.09. The third-order valence-corrected chi connectivity index (χ3v) is 3.67. The summed E-state index contributed by atoms with van der Waals surface area (Å²) in [5.41, 5.74) is 2.55. The van der Waals surface area contributed by atoms with E-state index < -0.39 is 0 Å². The van der Waals surface area contributed by atoms with Crippen LogP contribution < -0.4 is 10.2 Å². The smallest absolute Gasteiger partial charge is 0.223 e. The summed E-state index contributed by atoms with van der Waals surface area (Å²) in [4.78, 5) is 15.5. The van der Waals surface area contributed by atoms with Crippen molar-refractivity contribution in [3.63, 3.8) is 0 Å². The first-order chi connectivity index (χ1) is 10.2. The van der Waals surface area contributed by atoms with Gasteiger partial charge in [-0.1, -0.05) is 18.2 Å². The first-order valence-corrected chi connectivity index (χ1v) is 7.50. The largest absolute Gasteiger partial charge is 0.378 e. The van der Waals surface area contributed by atoms with E-state index in [9.17, 15) is 4.79 Å². The molecule has 0 aromatic heterocycles. The van der Waals surface area contributed by atoms with Gasteiger partial charge in [-0.05, 0) is 11.6 Å². The number of hydrogen-bond acceptors (Lipinski definition) is 4. The number of anilines is 1. The number of amides is 1. The van der Waals surface area contributed by atoms with E-state index >= 15 is 0 Å². The zero-order valence-corrected chi connectivity index (χ0v) is 13.0. The molecule has 5 nitrogen and oxygen atoms in total. The monoisotopic (exact) mass is 291 g/mol. The van der Waals surface area contributed by atoms with Crippen molar-refractivity contribution >= 4 is 11.6 Å². The third kappa shape index (κ3) is 4.72. The van der Waals surface area contributed by atoms with E-state index in [1.165, 1.54) is 11.3 Å². The molecule has 1 fully saturated rings. The molecule has 0 unspecified atom stereocenters. The molecule has 1 aromatic carbocycles. The molecule has 0 spiro atoms. The zero-order valence-electron chi connectivity index (χ0n) is 13.0. The quantitative estimate of drug-likeness (QED) is 0.797. The minimum absolute atomic E-state index is 0.156. The first-order valence-electron chi connectivity index (χ1n) is 7.50. The van der Waals surface area contributed by atoms with Gasteiger partial charge < -0.3 is 19.9 Å². The van der Waals surface area contributed by atoms with Crippen molar-refractivity contribution < 1.29 is 9.53 Å². The number of nitrogens with zero attached hydrogens (tertiary/aromatic N) is 2. The topological polar surface area (TPSA) is 44.8 Å². The molecule has 2 rings (SSSR count). The van der Waals surface area contributed by atoms with Crippen molar-refractivity contribution in [3.05, 3.63) is 29.8 Å². The van der Waals surface area contributed by atoms with Crippen molar-refractivity contribution in [1.82, 2.24) is 10.2 Å². The number of rotatable bonds is 6. The van der Waals surface area contributed by atoms with Crippen LogP contribution in [-0.2, 0) is 16.1 Å². The highest BCUT2D eigenvalue weighted by Gasteiger charge is 2.14. The summed E-state index contributed by atoms with van der Waals surface area (Å²) < 4.78 is 5.41. The van der Waals surface area contributed by atoms with Crippen LogP contribution in [0.5, 0.6) is 0 Å². The summed E-state index contributed by atoms with van der Waals surface area (Å²) in [6.07, 6.45) is 0.534. The molecule has 1 aliphatic heterocycles. The summed E-state index contributed by atoms with van der Waals surface area (Å²) in [6.45, 7) is 4.95. The number of morpholine rings is 1. The van der Waals surface area contributed by atoms with E-state index in [1.54, 1.807) is 19.0 Å². The van der Waals surface area contributed by atoms with Gasteiger partial charge in [-0.25, -0.2) is 0 Å². The van der Waals surface area contributed by atoms with Gasteiger partial charge in [0.2, 0.25) is 5.91 Å². The second-order valence-electron chi connectivity index (χ2n) is 5.44. The fourth-order valence-electron chi connectivity index (χ4n) is 2.42. The number of ether oxygens (including phenoxy) is 1.